The van der Waals surface area contributed by atoms with E-state index in [1.165, 1.54) is 17.0 Å². The molecule has 0 spiro atoms. The first-order valence-corrected chi connectivity index (χ1v) is 12.7. The highest BCUT2D eigenvalue weighted by Gasteiger charge is 2.50. The average Bonchev–Trinajstić information content (AvgIpc) is 2.78. The van der Waals surface area contributed by atoms with Crippen LogP contribution in [0.25, 0.3) is 0 Å². The Morgan fingerprint density at radius 1 is 1.12 bits per heavy atom. The minimum absolute atomic E-state index is 0.140. The molecule has 34 heavy (non-hydrogen) atoms. The normalized spacial score (nSPS) is 25.3. The number of rotatable bonds is 5. The van der Waals surface area contributed by atoms with Gasteiger partial charge in [-0.3, -0.25) is 15.4 Å². The summed E-state index contributed by atoms with van der Waals surface area (Å²) >= 11 is 0. The van der Waals surface area contributed by atoms with Crippen molar-refractivity contribution in [1.29, 1.82) is 0 Å². The van der Waals surface area contributed by atoms with Gasteiger partial charge in [0.05, 0.1) is 24.4 Å². The van der Waals surface area contributed by atoms with Gasteiger partial charge in [-0.1, -0.05) is 37.1 Å². The molecule has 1 aliphatic carbocycles. The molecule has 2 aliphatic rings. The molecule has 0 aromatic heterocycles. The third-order valence-electron chi connectivity index (χ3n) is 6.68. The quantitative estimate of drug-likeness (QED) is 0.488. The maximum absolute atomic E-state index is 15.1. The van der Waals surface area contributed by atoms with Gasteiger partial charge in [0.1, 0.15) is 17.6 Å². The van der Waals surface area contributed by atoms with E-state index >= 15 is 4.39 Å². The van der Waals surface area contributed by atoms with Crippen LogP contribution in [0.3, 0.4) is 0 Å². The van der Waals surface area contributed by atoms with Crippen molar-refractivity contribution in [2.75, 3.05) is 6.26 Å². The number of hydrazine groups is 1. The van der Waals surface area contributed by atoms with Gasteiger partial charge in [-0.15, -0.1) is 4.41 Å². The fourth-order valence-corrected chi connectivity index (χ4v) is 5.95. The first-order chi connectivity index (χ1) is 16.0. The molecule has 4 atom stereocenters. The molecule has 1 aliphatic heterocycles. The van der Waals surface area contributed by atoms with E-state index in [0.717, 1.165) is 18.4 Å². The summed E-state index contributed by atoms with van der Waals surface area (Å²) in [5, 5.41) is 10.2. The number of fused-ring (bicyclic) bond motifs is 1. The number of sulfonamides is 1. The number of benzene rings is 2. The summed E-state index contributed by atoms with van der Waals surface area (Å²) in [4.78, 5) is 27.6. The number of hydrogen-bond acceptors (Lipinski definition) is 5. The largest absolute Gasteiger partial charge is 0.481 e. The average molecular weight is 494 g/mol. The van der Waals surface area contributed by atoms with Crippen LogP contribution in [0, 0.1) is 11.6 Å². The molecule has 0 radical (unpaired) electrons. The molecular formula is C23H25F2N3O5S. The summed E-state index contributed by atoms with van der Waals surface area (Å²) in [7, 11) is -3.84. The van der Waals surface area contributed by atoms with Gasteiger partial charge in [-0.25, -0.2) is 17.2 Å². The van der Waals surface area contributed by atoms with Gasteiger partial charge in [0.2, 0.25) is 10.0 Å². The lowest BCUT2D eigenvalue weighted by Crippen LogP contribution is -2.61. The molecule has 2 aromatic rings. The Kier molecular flexibility index (Phi) is 6.45. The Labute approximate surface area is 196 Å². The molecule has 1 saturated carbocycles. The molecule has 1 fully saturated rings. The van der Waals surface area contributed by atoms with Crippen molar-refractivity contribution >= 4 is 21.9 Å². The smallest absolute Gasteiger partial charge is 0.313 e. The van der Waals surface area contributed by atoms with Gasteiger partial charge in [0.15, 0.2) is 0 Å². The van der Waals surface area contributed by atoms with Crippen molar-refractivity contribution in [3.05, 3.63) is 70.8 Å². The summed E-state index contributed by atoms with van der Waals surface area (Å²) in [5.41, 5.74) is 0.190. The molecule has 8 nitrogen and oxygen atoms in total. The summed E-state index contributed by atoms with van der Waals surface area (Å²) in [6.07, 6.45) is 2.92. The third-order valence-corrected chi connectivity index (χ3v) is 7.72. The number of carbonyl (C=O) groups excluding carboxylic acids is 1. The summed E-state index contributed by atoms with van der Waals surface area (Å²) in [5.74, 6) is 0.914. The Morgan fingerprint density at radius 2 is 1.79 bits per heavy atom. The number of carboxylic acids is 1. The molecule has 4 rings (SSSR count). The molecule has 182 valence electrons. The van der Waals surface area contributed by atoms with E-state index in [0.29, 0.717) is 36.2 Å². The van der Waals surface area contributed by atoms with Gasteiger partial charge in [-0.05, 0) is 30.5 Å². The van der Waals surface area contributed by atoms with Gasteiger partial charge in [-0.2, -0.15) is 0 Å². The number of hydrogen-bond donors (Lipinski definition) is 2. The standard InChI is InChI=1S/C23H25F2N3O5S/c1-34(32,33)28(26)19-9-5-4-8-18(19)27-21(16-11-10-13(24)12-17(16)25)20(23(30)31)14-6-2-3-7-15(14)22(27)29/h2-3,6-7,10-12,18-21H,4-5,8-9,26H2,1H3,(H,30,31). The van der Waals surface area contributed by atoms with Crippen LogP contribution in [0.4, 0.5) is 8.78 Å². The van der Waals surface area contributed by atoms with Crippen molar-refractivity contribution in [2.24, 2.45) is 5.84 Å². The Morgan fingerprint density at radius 3 is 2.44 bits per heavy atom. The number of amides is 1. The lowest BCUT2D eigenvalue weighted by atomic mass is 9.77. The lowest BCUT2D eigenvalue weighted by Gasteiger charge is -2.49. The second-order valence-electron chi connectivity index (χ2n) is 8.74. The van der Waals surface area contributed by atoms with Crippen molar-refractivity contribution in [3.63, 3.8) is 0 Å². The SMILES string of the molecule is CS(=O)(=O)N(N)C1CCCCC1N1C(=O)c2ccccc2C(C(=O)O)C1c1ccc(F)cc1F. The Balaban J connectivity index is 1.95. The van der Waals surface area contributed by atoms with Crippen LogP contribution in [-0.2, 0) is 14.8 Å². The van der Waals surface area contributed by atoms with Gasteiger partial charge in [0, 0.05) is 17.2 Å². The van der Waals surface area contributed by atoms with Crippen LogP contribution in [0.2, 0.25) is 0 Å². The van der Waals surface area contributed by atoms with Gasteiger partial charge < -0.3 is 10.0 Å². The Hall–Kier alpha value is -2.89. The lowest BCUT2D eigenvalue weighted by molar-refractivity contribution is -0.141. The molecule has 0 saturated heterocycles. The zero-order chi connectivity index (χ0) is 24.8. The van der Waals surface area contributed by atoms with Crippen LogP contribution >= 0.6 is 0 Å². The van der Waals surface area contributed by atoms with Crippen molar-refractivity contribution < 1.29 is 31.9 Å². The van der Waals surface area contributed by atoms with E-state index in [9.17, 15) is 27.5 Å². The summed E-state index contributed by atoms with van der Waals surface area (Å²) in [6, 6.07) is 5.97. The first-order valence-electron chi connectivity index (χ1n) is 10.9. The van der Waals surface area contributed by atoms with E-state index in [2.05, 4.69) is 0 Å². The molecule has 2 aromatic carbocycles. The van der Waals surface area contributed by atoms with Crippen LogP contribution in [-0.4, -0.2) is 53.1 Å². The second kappa shape index (κ2) is 9.05. The molecule has 3 N–H and O–H groups in total. The van der Waals surface area contributed by atoms with E-state index < -0.39 is 57.6 Å². The van der Waals surface area contributed by atoms with Crippen molar-refractivity contribution in [2.45, 2.75) is 49.7 Å². The number of carbonyl (C=O) groups is 2. The van der Waals surface area contributed by atoms with E-state index in [4.69, 9.17) is 5.84 Å². The number of halogens is 2. The fourth-order valence-electron chi connectivity index (χ4n) is 5.21. The van der Waals surface area contributed by atoms with Crippen molar-refractivity contribution in [3.8, 4) is 0 Å². The topological polar surface area (TPSA) is 121 Å². The molecule has 0 bridgehead atoms. The highest BCUT2D eigenvalue weighted by atomic mass is 32.2. The van der Waals surface area contributed by atoms with Crippen molar-refractivity contribution in [1.82, 2.24) is 9.31 Å². The monoisotopic (exact) mass is 493 g/mol. The summed E-state index contributed by atoms with van der Waals surface area (Å²) < 4.78 is 54.0. The van der Waals surface area contributed by atoms with Crippen LogP contribution in [0.1, 0.15) is 59.1 Å². The van der Waals surface area contributed by atoms with Crippen LogP contribution in [0.5, 0.6) is 0 Å². The zero-order valence-corrected chi connectivity index (χ0v) is 19.2. The number of nitrogens with two attached hydrogens (primary N) is 1. The maximum Gasteiger partial charge on any atom is 0.313 e. The van der Waals surface area contributed by atoms with Crippen LogP contribution < -0.4 is 5.84 Å². The minimum Gasteiger partial charge on any atom is -0.481 e. The van der Waals surface area contributed by atoms with Crippen LogP contribution in [0.15, 0.2) is 42.5 Å². The Bertz CT molecular complexity index is 1240. The fraction of sp³-hybridized carbons (Fsp3) is 0.391. The van der Waals surface area contributed by atoms with Gasteiger partial charge in [0.25, 0.3) is 5.91 Å². The number of nitrogens with zero attached hydrogens (tertiary/aromatic N) is 2. The van der Waals surface area contributed by atoms with E-state index in [1.54, 1.807) is 12.1 Å². The predicted molar refractivity (Wildman–Crippen MR) is 119 cm³/mol. The number of carboxylic acid groups (broad SMARTS) is 1. The highest BCUT2D eigenvalue weighted by molar-refractivity contribution is 7.88. The first kappa shape index (κ1) is 24.2. The third kappa shape index (κ3) is 4.19. The molecule has 1 amide bonds. The van der Waals surface area contributed by atoms with Gasteiger partial charge >= 0.3 is 5.97 Å². The highest BCUT2D eigenvalue weighted by Crippen LogP contribution is 2.47. The molecular weight excluding hydrogens is 468 g/mol. The predicted octanol–water partition coefficient (Wildman–Crippen LogP) is 2.78. The molecule has 11 heteroatoms. The zero-order valence-electron chi connectivity index (χ0n) is 18.4. The number of aliphatic carboxylic acids is 1. The molecule has 1 heterocycles. The second-order valence-corrected chi connectivity index (χ2v) is 10.6. The molecule has 4 unspecified atom stereocenters. The maximum atomic E-state index is 15.1. The van der Waals surface area contributed by atoms with E-state index in [-0.39, 0.29) is 16.7 Å². The van der Waals surface area contributed by atoms with E-state index in [1.807, 2.05) is 0 Å². The summed E-state index contributed by atoms with van der Waals surface area (Å²) in [6.45, 7) is 0. The minimum atomic E-state index is -3.84.